The van der Waals surface area contributed by atoms with Crippen LogP contribution in [0.1, 0.15) is 0 Å². The average molecular weight is 153 g/mol. The van der Waals surface area contributed by atoms with Crippen LogP contribution in [-0.4, -0.2) is 5.25 Å². The summed E-state index contributed by atoms with van der Waals surface area (Å²) >= 11 is 3.56. The SMILES string of the molecule is [C]1=CC2SC=CC=C2S1. The van der Waals surface area contributed by atoms with Crippen LogP contribution in [0.5, 0.6) is 0 Å². The van der Waals surface area contributed by atoms with Gasteiger partial charge in [0.25, 0.3) is 0 Å². The second-order valence-electron chi connectivity index (χ2n) is 1.84. The van der Waals surface area contributed by atoms with E-state index < -0.39 is 0 Å². The maximum Gasteiger partial charge on any atom is 0.0595 e. The van der Waals surface area contributed by atoms with Crippen molar-refractivity contribution in [2.45, 2.75) is 5.25 Å². The van der Waals surface area contributed by atoms with E-state index in [2.05, 4.69) is 29.0 Å². The monoisotopic (exact) mass is 153 g/mol. The third kappa shape index (κ3) is 0.970. The second kappa shape index (κ2) is 2.27. The molecule has 2 aliphatic heterocycles. The van der Waals surface area contributed by atoms with E-state index in [9.17, 15) is 0 Å². The lowest BCUT2D eigenvalue weighted by Crippen LogP contribution is -1.95. The van der Waals surface area contributed by atoms with Crippen LogP contribution in [0.3, 0.4) is 0 Å². The molecule has 2 heterocycles. The van der Waals surface area contributed by atoms with Crippen molar-refractivity contribution in [3.05, 3.63) is 33.9 Å². The van der Waals surface area contributed by atoms with Crippen molar-refractivity contribution in [1.29, 1.82) is 0 Å². The molecule has 2 rings (SSSR count). The average Bonchev–Trinajstić information content (AvgIpc) is 2.33. The number of thioether (sulfide) groups is 2. The first-order valence-electron chi connectivity index (χ1n) is 2.75. The van der Waals surface area contributed by atoms with Gasteiger partial charge in [0, 0.05) is 10.3 Å². The molecule has 45 valence electrons. The summed E-state index contributed by atoms with van der Waals surface area (Å²) in [5.41, 5.74) is 0. The van der Waals surface area contributed by atoms with Crippen molar-refractivity contribution in [1.82, 2.24) is 0 Å². The molecule has 0 spiro atoms. The van der Waals surface area contributed by atoms with Gasteiger partial charge in [-0.05, 0) is 5.41 Å². The quantitative estimate of drug-likeness (QED) is 0.524. The highest BCUT2D eigenvalue weighted by Gasteiger charge is 2.16. The van der Waals surface area contributed by atoms with Crippen molar-refractivity contribution >= 4 is 23.5 Å². The lowest BCUT2D eigenvalue weighted by Gasteiger charge is -2.08. The molecule has 1 unspecified atom stereocenters. The molecule has 0 amide bonds. The molecule has 0 N–H and O–H groups in total. The van der Waals surface area contributed by atoms with Crippen molar-refractivity contribution in [2.75, 3.05) is 0 Å². The van der Waals surface area contributed by atoms with Crippen molar-refractivity contribution < 1.29 is 0 Å². The molecule has 2 aliphatic rings. The zero-order chi connectivity index (χ0) is 6.10. The lowest BCUT2D eigenvalue weighted by atomic mass is 10.3. The van der Waals surface area contributed by atoms with Crippen LogP contribution in [0.25, 0.3) is 0 Å². The molecule has 2 heteroatoms. The summed E-state index contributed by atoms with van der Waals surface area (Å²) in [5.74, 6) is 0. The summed E-state index contributed by atoms with van der Waals surface area (Å²) in [7, 11) is 0. The van der Waals surface area contributed by atoms with Gasteiger partial charge in [-0.2, -0.15) is 0 Å². The van der Waals surface area contributed by atoms with E-state index in [1.165, 1.54) is 4.91 Å². The maximum absolute atomic E-state index is 3.13. The number of allylic oxidation sites excluding steroid dienone is 2. The molecule has 0 nitrogen and oxygen atoms in total. The minimum absolute atomic E-state index is 0.583. The Morgan fingerprint density at radius 3 is 3.44 bits per heavy atom. The zero-order valence-corrected chi connectivity index (χ0v) is 6.34. The molecule has 0 bridgehead atoms. The molecule has 9 heavy (non-hydrogen) atoms. The fourth-order valence-electron chi connectivity index (χ4n) is 0.803. The Morgan fingerprint density at radius 2 is 2.56 bits per heavy atom. The van der Waals surface area contributed by atoms with E-state index in [0.29, 0.717) is 5.25 Å². The van der Waals surface area contributed by atoms with Gasteiger partial charge in [0.05, 0.1) is 5.25 Å². The van der Waals surface area contributed by atoms with E-state index in [0.717, 1.165) is 0 Å². The van der Waals surface area contributed by atoms with Crippen LogP contribution in [0.2, 0.25) is 0 Å². The summed E-state index contributed by atoms with van der Waals surface area (Å²) in [4.78, 5) is 1.42. The standard InChI is InChI=1S/C7H5S2/c1-2-6-7(8-4-1)3-5-9-6/h1-4,7H. The number of fused-ring (bicyclic) bond motifs is 1. The Bertz CT molecular complexity index is 201. The van der Waals surface area contributed by atoms with Crippen LogP contribution in [0.4, 0.5) is 0 Å². The molecule has 0 aromatic carbocycles. The summed E-state index contributed by atoms with van der Waals surface area (Å²) in [6.45, 7) is 0. The molecule has 1 radical (unpaired) electrons. The van der Waals surface area contributed by atoms with E-state index in [4.69, 9.17) is 0 Å². The van der Waals surface area contributed by atoms with E-state index in [1.807, 2.05) is 11.8 Å². The first-order chi connectivity index (χ1) is 4.47. The minimum atomic E-state index is 0.583. The van der Waals surface area contributed by atoms with Crippen molar-refractivity contribution in [3.63, 3.8) is 0 Å². The Balaban J connectivity index is 2.29. The minimum Gasteiger partial charge on any atom is -0.121 e. The van der Waals surface area contributed by atoms with E-state index >= 15 is 0 Å². The Morgan fingerprint density at radius 1 is 1.56 bits per heavy atom. The van der Waals surface area contributed by atoms with E-state index in [1.54, 1.807) is 11.8 Å². The first-order valence-corrected chi connectivity index (χ1v) is 4.50. The second-order valence-corrected chi connectivity index (χ2v) is 3.80. The molecule has 0 saturated carbocycles. The predicted molar refractivity (Wildman–Crippen MR) is 44.0 cm³/mol. The molecule has 1 atom stereocenters. The van der Waals surface area contributed by atoms with Crippen LogP contribution < -0.4 is 0 Å². The molecule has 0 fully saturated rings. The molecule has 0 aliphatic carbocycles. The summed E-state index contributed by atoms with van der Waals surface area (Å²) < 4.78 is 0. The molecular formula is C7H5S2. The smallest absolute Gasteiger partial charge is 0.0595 e. The summed E-state index contributed by atoms with van der Waals surface area (Å²) in [6.07, 6.45) is 6.36. The van der Waals surface area contributed by atoms with E-state index in [-0.39, 0.29) is 0 Å². The third-order valence-corrected chi connectivity index (χ3v) is 3.27. The fourth-order valence-corrected chi connectivity index (χ4v) is 2.57. The highest BCUT2D eigenvalue weighted by molar-refractivity contribution is 8.09. The van der Waals surface area contributed by atoms with Crippen LogP contribution in [-0.2, 0) is 0 Å². The van der Waals surface area contributed by atoms with Gasteiger partial charge in [-0.3, -0.25) is 0 Å². The van der Waals surface area contributed by atoms with Gasteiger partial charge in [0.1, 0.15) is 0 Å². The van der Waals surface area contributed by atoms with Crippen molar-refractivity contribution in [3.8, 4) is 0 Å². The largest absolute Gasteiger partial charge is 0.121 e. The molecule has 0 aromatic heterocycles. The van der Waals surface area contributed by atoms with Gasteiger partial charge < -0.3 is 0 Å². The Kier molecular flexibility index (Phi) is 1.44. The van der Waals surface area contributed by atoms with Crippen molar-refractivity contribution in [2.24, 2.45) is 0 Å². The lowest BCUT2D eigenvalue weighted by molar-refractivity contribution is 1.41. The summed E-state index contributed by atoms with van der Waals surface area (Å²) in [6, 6.07) is 0. The zero-order valence-electron chi connectivity index (χ0n) is 4.70. The Hall–Kier alpha value is -0.0800. The number of hydrogen-bond acceptors (Lipinski definition) is 2. The normalized spacial score (nSPS) is 30.2. The van der Waals surface area contributed by atoms with Gasteiger partial charge in [-0.25, -0.2) is 0 Å². The topological polar surface area (TPSA) is 0 Å². The van der Waals surface area contributed by atoms with Gasteiger partial charge in [0.2, 0.25) is 0 Å². The molecule has 0 aromatic rings. The van der Waals surface area contributed by atoms with Gasteiger partial charge in [-0.15, -0.1) is 11.8 Å². The van der Waals surface area contributed by atoms with Gasteiger partial charge in [-0.1, -0.05) is 30.0 Å². The Labute approximate surface area is 63.1 Å². The van der Waals surface area contributed by atoms with Crippen LogP contribution in [0.15, 0.2) is 28.5 Å². The first kappa shape index (κ1) is 5.69. The van der Waals surface area contributed by atoms with Gasteiger partial charge in [0.15, 0.2) is 0 Å². The fraction of sp³-hybridized carbons (Fsp3) is 0.143. The van der Waals surface area contributed by atoms with Gasteiger partial charge >= 0.3 is 0 Å². The highest BCUT2D eigenvalue weighted by atomic mass is 32.2. The summed E-state index contributed by atoms with van der Waals surface area (Å²) in [5, 5.41) is 5.83. The molecule has 0 saturated heterocycles. The van der Waals surface area contributed by atoms with Crippen LogP contribution >= 0.6 is 23.5 Å². The number of hydrogen-bond donors (Lipinski definition) is 0. The highest BCUT2D eigenvalue weighted by Crippen LogP contribution is 2.38. The predicted octanol–water partition coefficient (Wildman–Crippen LogP) is 2.56. The van der Waals surface area contributed by atoms with Crippen LogP contribution in [0, 0.1) is 5.41 Å². The molecular weight excluding hydrogens is 148 g/mol. The third-order valence-electron chi connectivity index (χ3n) is 1.24. The number of rotatable bonds is 0. The maximum atomic E-state index is 3.13.